The van der Waals surface area contributed by atoms with Crippen LogP contribution in [0.25, 0.3) is 10.9 Å². The molecule has 3 heteroatoms. The van der Waals surface area contributed by atoms with E-state index >= 15 is 0 Å². The molecule has 0 bridgehead atoms. The average molecular weight is 190 g/mol. The molecule has 0 aliphatic carbocycles. The van der Waals surface area contributed by atoms with Crippen molar-refractivity contribution < 1.29 is 5.11 Å². The summed E-state index contributed by atoms with van der Waals surface area (Å²) in [7, 11) is 0. The predicted octanol–water partition coefficient (Wildman–Crippen LogP) is 1.81. The molecule has 1 atom stereocenters. The van der Waals surface area contributed by atoms with Gasteiger partial charge in [0, 0.05) is 5.39 Å². The second-order valence-electron chi connectivity index (χ2n) is 3.45. The van der Waals surface area contributed by atoms with Crippen LogP contribution in [0.4, 0.5) is 0 Å². The number of hydrogen-bond acceptors (Lipinski definition) is 2. The lowest BCUT2D eigenvalue weighted by molar-refractivity contribution is 0.147. The summed E-state index contributed by atoms with van der Waals surface area (Å²) in [5, 5.41) is 14.9. The van der Waals surface area contributed by atoms with E-state index in [0.29, 0.717) is 6.54 Å². The van der Waals surface area contributed by atoms with Crippen LogP contribution in [0.3, 0.4) is 0 Å². The summed E-state index contributed by atoms with van der Waals surface area (Å²) in [4.78, 5) is 0. The van der Waals surface area contributed by atoms with Gasteiger partial charge in [0.1, 0.15) is 0 Å². The lowest BCUT2D eigenvalue weighted by Gasteiger charge is -2.08. The number of para-hydroxylation sites is 1. The van der Waals surface area contributed by atoms with Gasteiger partial charge in [0.25, 0.3) is 0 Å². The van der Waals surface area contributed by atoms with Gasteiger partial charge in [-0.25, -0.2) is 0 Å². The van der Waals surface area contributed by atoms with Gasteiger partial charge in [-0.05, 0) is 12.5 Å². The Balaban J connectivity index is 2.33. The lowest BCUT2D eigenvalue weighted by Crippen LogP contribution is -2.15. The van der Waals surface area contributed by atoms with Gasteiger partial charge in [-0.2, -0.15) is 5.10 Å². The largest absolute Gasteiger partial charge is 0.391 e. The van der Waals surface area contributed by atoms with Crippen LogP contribution in [0.2, 0.25) is 0 Å². The van der Waals surface area contributed by atoms with Gasteiger partial charge in [0.15, 0.2) is 0 Å². The average Bonchev–Trinajstić information content (AvgIpc) is 2.62. The second kappa shape index (κ2) is 3.80. The topological polar surface area (TPSA) is 38.0 Å². The summed E-state index contributed by atoms with van der Waals surface area (Å²) in [5.74, 6) is 0. The number of aromatic nitrogens is 2. The molecular weight excluding hydrogens is 176 g/mol. The van der Waals surface area contributed by atoms with Crippen molar-refractivity contribution in [3.8, 4) is 0 Å². The molecule has 1 N–H and O–H groups in total. The van der Waals surface area contributed by atoms with E-state index in [1.54, 1.807) is 0 Å². The van der Waals surface area contributed by atoms with E-state index in [4.69, 9.17) is 0 Å². The van der Waals surface area contributed by atoms with Crippen LogP contribution in [-0.4, -0.2) is 21.0 Å². The van der Waals surface area contributed by atoms with Crippen LogP contribution in [0.5, 0.6) is 0 Å². The molecule has 0 aliphatic rings. The van der Waals surface area contributed by atoms with Gasteiger partial charge < -0.3 is 5.11 Å². The summed E-state index contributed by atoms with van der Waals surface area (Å²) in [6.07, 6.45) is 2.28. The zero-order chi connectivity index (χ0) is 9.97. The maximum absolute atomic E-state index is 9.53. The molecule has 0 amide bonds. The third-order valence-electron chi connectivity index (χ3n) is 2.41. The molecule has 0 unspecified atom stereocenters. The Labute approximate surface area is 83.0 Å². The molecule has 74 valence electrons. The molecule has 0 saturated heterocycles. The van der Waals surface area contributed by atoms with E-state index in [1.165, 1.54) is 0 Å². The van der Waals surface area contributed by atoms with Gasteiger partial charge in [-0.3, -0.25) is 4.68 Å². The number of aliphatic hydroxyl groups is 1. The van der Waals surface area contributed by atoms with Crippen molar-refractivity contribution in [3.05, 3.63) is 30.5 Å². The fourth-order valence-electron chi connectivity index (χ4n) is 1.50. The fraction of sp³-hybridized carbons (Fsp3) is 0.364. The summed E-state index contributed by atoms with van der Waals surface area (Å²) in [6, 6.07) is 8.02. The lowest BCUT2D eigenvalue weighted by atomic mass is 10.2. The zero-order valence-electron chi connectivity index (χ0n) is 8.22. The van der Waals surface area contributed by atoms with Crippen molar-refractivity contribution in [2.45, 2.75) is 26.0 Å². The molecule has 2 aromatic rings. The molecular formula is C11H14N2O. The van der Waals surface area contributed by atoms with Crippen molar-refractivity contribution in [2.24, 2.45) is 0 Å². The second-order valence-corrected chi connectivity index (χ2v) is 3.45. The maximum Gasteiger partial charge on any atom is 0.0733 e. The van der Waals surface area contributed by atoms with Gasteiger partial charge in [0.2, 0.25) is 0 Å². The van der Waals surface area contributed by atoms with Gasteiger partial charge >= 0.3 is 0 Å². The summed E-state index contributed by atoms with van der Waals surface area (Å²) in [6.45, 7) is 2.54. The number of rotatable bonds is 3. The standard InChI is InChI=1S/C11H14N2O/c1-2-10(14)8-13-11-6-4-3-5-9(11)7-12-13/h3-7,10,14H,2,8H2,1H3/t10-/m1/s1. The first-order valence-electron chi connectivity index (χ1n) is 4.90. The predicted molar refractivity (Wildman–Crippen MR) is 56.0 cm³/mol. The first kappa shape index (κ1) is 9.21. The molecule has 1 aromatic heterocycles. The van der Waals surface area contributed by atoms with Crippen molar-refractivity contribution in [2.75, 3.05) is 0 Å². The SMILES string of the molecule is CC[C@@H](O)Cn1ncc2ccccc21. The van der Waals surface area contributed by atoms with E-state index in [-0.39, 0.29) is 6.10 Å². The van der Waals surface area contributed by atoms with Gasteiger partial charge in [0.05, 0.1) is 24.4 Å². The molecule has 0 saturated carbocycles. The van der Waals surface area contributed by atoms with Crippen LogP contribution in [0, 0.1) is 0 Å². The van der Waals surface area contributed by atoms with Gasteiger partial charge in [-0.15, -0.1) is 0 Å². The van der Waals surface area contributed by atoms with E-state index in [2.05, 4.69) is 5.10 Å². The smallest absolute Gasteiger partial charge is 0.0733 e. The number of hydrogen-bond donors (Lipinski definition) is 1. The van der Waals surface area contributed by atoms with Crippen LogP contribution in [-0.2, 0) is 6.54 Å². The Morgan fingerprint density at radius 3 is 3.00 bits per heavy atom. The van der Waals surface area contributed by atoms with Crippen LogP contribution in [0.15, 0.2) is 30.5 Å². The maximum atomic E-state index is 9.53. The monoisotopic (exact) mass is 190 g/mol. The van der Waals surface area contributed by atoms with Crippen LogP contribution >= 0.6 is 0 Å². The van der Waals surface area contributed by atoms with E-state index in [9.17, 15) is 5.11 Å². The number of benzene rings is 1. The first-order chi connectivity index (χ1) is 6.81. The van der Waals surface area contributed by atoms with E-state index in [0.717, 1.165) is 17.3 Å². The number of fused-ring (bicyclic) bond motifs is 1. The molecule has 2 rings (SSSR count). The highest BCUT2D eigenvalue weighted by atomic mass is 16.3. The van der Waals surface area contributed by atoms with Crippen molar-refractivity contribution in [3.63, 3.8) is 0 Å². The third kappa shape index (κ3) is 1.63. The summed E-state index contributed by atoms with van der Waals surface area (Å²) < 4.78 is 1.85. The van der Waals surface area contributed by atoms with Crippen molar-refractivity contribution >= 4 is 10.9 Å². The highest BCUT2D eigenvalue weighted by molar-refractivity contribution is 5.78. The Morgan fingerprint density at radius 1 is 1.43 bits per heavy atom. The zero-order valence-corrected chi connectivity index (χ0v) is 8.22. The van der Waals surface area contributed by atoms with E-state index in [1.807, 2.05) is 42.1 Å². The van der Waals surface area contributed by atoms with Crippen LogP contribution in [0.1, 0.15) is 13.3 Å². The molecule has 0 radical (unpaired) electrons. The highest BCUT2D eigenvalue weighted by Gasteiger charge is 2.05. The Morgan fingerprint density at radius 2 is 2.21 bits per heavy atom. The number of aliphatic hydroxyl groups excluding tert-OH is 1. The highest BCUT2D eigenvalue weighted by Crippen LogP contribution is 2.13. The molecule has 0 aliphatic heterocycles. The third-order valence-corrected chi connectivity index (χ3v) is 2.41. The van der Waals surface area contributed by atoms with E-state index < -0.39 is 0 Å². The minimum absolute atomic E-state index is 0.307. The van der Waals surface area contributed by atoms with Crippen molar-refractivity contribution in [1.82, 2.24) is 9.78 Å². The molecule has 0 fully saturated rings. The first-order valence-corrected chi connectivity index (χ1v) is 4.90. The molecule has 14 heavy (non-hydrogen) atoms. The fourth-order valence-corrected chi connectivity index (χ4v) is 1.50. The molecule has 1 heterocycles. The van der Waals surface area contributed by atoms with Crippen molar-refractivity contribution in [1.29, 1.82) is 0 Å². The summed E-state index contributed by atoms with van der Waals surface area (Å²) >= 11 is 0. The molecule has 0 spiro atoms. The van der Waals surface area contributed by atoms with Crippen LogP contribution < -0.4 is 0 Å². The minimum Gasteiger partial charge on any atom is -0.391 e. The molecule has 3 nitrogen and oxygen atoms in total. The summed E-state index contributed by atoms with van der Waals surface area (Å²) in [5.41, 5.74) is 1.08. The Hall–Kier alpha value is -1.35. The number of nitrogens with zero attached hydrogens (tertiary/aromatic N) is 2. The quantitative estimate of drug-likeness (QED) is 0.801. The van der Waals surface area contributed by atoms with Gasteiger partial charge in [-0.1, -0.05) is 25.1 Å². The Bertz CT molecular complexity index is 422. The molecule has 1 aromatic carbocycles. The minimum atomic E-state index is -0.307. The normalized spacial score (nSPS) is 13.3. The Kier molecular flexibility index (Phi) is 2.50.